The highest BCUT2D eigenvalue weighted by molar-refractivity contribution is 6.34. The van der Waals surface area contributed by atoms with Crippen molar-refractivity contribution in [1.29, 1.82) is 0 Å². The molecule has 1 amide bonds. The number of hydrogen-bond donors (Lipinski definition) is 2. The van der Waals surface area contributed by atoms with E-state index < -0.39 is 5.41 Å². The van der Waals surface area contributed by atoms with E-state index in [1.54, 1.807) is 0 Å². The fraction of sp³-hybridized carbons (Fsp3) is 0.235. The number of hydrogen-bond acceptors (Lipinski definition) is 3. The van der Waals surface area contributed by atoms with Crippen molar-refractivity contribution in [2.75, 3.05) is 5.32 Å². The molecule has 0 aliphatic carbocycles. The molecule has 6 heteroatoms. The summed E-state index contributed by atoms with van der Waals surface area (Å²) in [7, 11) is 0. The number of anilines is 1. The number of nitrogens with zero attached hydrogens (tertiary/aromatic N) is 2. The van der Waals surface area contributed by atoms with Gasteiger partial charge in [-0.15, -0.1) is 0 Å². The van der Waals surface area contributed by atoms with E-state index in [9.17, 15) is 4.79 Å². The summed E-state index contributed by atoms with van der Waals surface area (Å²) in [6, 6.07) is 11.8. The van der Waals surface area contributed by atoms with Gasteiger partial charge in [0.1, 0.15) is 10.8 Å². The molecule has 3 rings (SSSR count). The maximum Gasteiger partial charge on any atom is 0.232 e. The van der Waals surface area contributed by atoms with Gasteiger partial charge in [0, 0.05) is 11.1 Å². The SMILES string of the molecule is CC(C)(C)C(=O)Nc1nc(Cl)c2cc(-c3ccccc3)[nH]c2n1. The third kappa shape index (κ3) is 3.19. The van der Waals surface area contributed by atoms with E-state index in [1.807, 2.05) is 57.2 Å². The van der Waals surface area contributed by atoms with Crippen LogP contribution in [0.5, 0.6) is 0 Å². The summed E-state index contributed by atoms with van der Waals surface area (Å²) in [5.74, 6) is 0.0339. The second kappa shape index (κ2) is 5.66. The van der Waals surface area contributed by atoms with Crippen LogP contribution in [0.4, 0.5) is 5.95 Å². The van der Waals surface area contributed by atoms with Gasteiger partial charge >= 0.3 is 0 Å². The molecule has 0 fully saturated rings. The minimum absolute atomic E-state index is 0.164. The van der Waals surface area contributed by atoms with Gasteiger partial charge in [0.05, 0.1) is 5.39 Å². The largest absolute Gasteiger partial charge is 0.339 e. The summed E-state index contributed by atoms with van der Waals surface area (Å²) in [4.78, 5) is 23.8. The average molecular weight is 329 g/mol. The van der Waals surface area contributed by atoms with Gasteiger partial charge in [0.15, 0.2) is 0 Å². The quantitative estimate of drug-likeness (QED) is 0.690. The van der Waals surface area contributed by atoms with Crippen molar-refractivity contribution in [1.82, 2.24) is 15.0 Å². The predicted octanol–water partition coefficient (Wildman–Crippen LogP) is 4.26. The number of H-pyrrole nitrogens is 1. The van der Waals surface area contributed by atoms with Gasteiger partial charge in [-0.3, -0.25) is 10.1 Å². The molecule has 0 unspecified atom stereocenters. The van der Waals surface area contributed by atoms with E-state index in [0.29, 0.717) is 10.8 Å². The second-order valence-electron chi connectivity index (χ2n) is 6.35. The van der Waals surface area contributed by atoms with Crippen LogP contribution in [0.25, 0.3) is 22.3 Å². The standard InChI is InChI=1S/C17H17ClN4O/c1-17(2,3)15(23)22-16-20-13(18)11-9-12(19-14(11)21-16)10-7-5-4-6-8-10/h4-9H,1-3H3,(H2,19,20,21,22,23). The van der Waals surface area contributed by atoms with Crippen LogP contribution in [0.1, 0.15) is 20.8 Å². The van der Waals surface area contributed by atoms with Crippen molar-refractivity contribution in [3.8, 4) is 11.3 Å². The lowest BCUT2D eigenvalue weighted by Gasteiger charge is -2.16. The Morgan fingerprint density at radius 2 is 1.87 bits per heavy atom. The lowest BCUT2D eigenvalue weighted by Crippen LogP contribution is -2.28. The normalized spacial score (nSPS) is 11.7. The predicted molar refractivity (Wildman–Crippen MR) is 92.4 cm³/mol. The molecule has 0 spiro atoms. The van der Waals surface area contributed by atoms with Crippen molar-refractivity contribution in [2.24, 2.45) is 5.41 Å². The molecular weight excluding hydrogens is 312 g/mol. The highest BCUT2D eigenvalue weighted by atomic mass is 35.5. The number of benzene rings is 1. The van der Waals surface area contributed by atoms with Gasteiger partial charge in [-0.2, -0.15) is 9.97 Å². The lowest BCUT2D eigenvalue weighted by atomic mass is 9.96. The maximum atomic E-state index is 12.1. The first-order chi connectivity index (χ1) is 10.8. The van der Waals surface area contributed by atoms with Gasteiger partial charge in [-0.1, -0.05) is 62.7 Å². The molecule has 0 aliphatic heterocycles. The van der Waals surface area contributed by atoms with Crippen LogP contribution in [0.15, 0.2) is 36.4 Å². The Hall–Kier alpha value is -2.40. The van der Waals surface area contributed by atoms with Crippen LogP contribution in [0.2, 0.25) is 5.15 Å². The molecular formula is C17H17ClN4O. The topological polar surface area (TPSA) is 70.7 Å². The summed E-state index contributed by atoms with van der Waals surface area (Å²) >= 11 is 6.24. The Kier molecular flexibility index (Phi) is 3.82. The number of carbonyl (C=O) groups is 1. The first kappa shape index (κ1) is 15.5. The van der Waals surface area contributed by atoms with Crippen LogP contribution in [0.3, 0.4) is 0 Å². The monoisotopic (exact) mass is 328 g/mol. The number of aromatic amines is 1. The lowest BCUT2D eigenvalue weighted by molar-refractivity contribution is -0.123. The molecule has 3 aromatic rings. The molecule has 118 valence electrons. The molecule has 0 atom stereocenters. The van der Waals surface area contributed by atoms with E-state index in [2.05, 4.69) is 20.3 Å². The molecule has 0 aliphatic rings. The summed E-state index contributed by atoms with van der Waals surface area (Å²) < 4.78 is 0. The number of halogens is 1. The van der Waals surface area contributed by atoms with Gasteiger partial charge in [0.25, 0.3) is 0 Å². The molecule has 5 nitrogen and oxygen atoms in total. The third-order valence-electron chi connectivity index (χ3n) is 3.43. The van der Waals surface area contributed by atoms with Gasteiger partial charge in [0.2, 0.25) is 11.9 Å². The van der Waals surface area contributed by atoms with E-state index in [1.165, 1.54) is 0 Å². The summed E-state index contributed by atoms with van der Waals surface area (Å²) in [6.07, 6.45) is 0. The Morgan fingerprint density at radius 3 is 2.52 bits per heavy atom. The number of carbonyl (C=O) groups excluding carboxylic acids is 1. The number of aromatic nitrogens is 3. The van der Waals surface area contributed by atoms with Gasteiger partial charge < -0.3 is 4.98 Å². The summed E-state index contributed by atoms with van der Waals surface area (Å²) in [5.41, 5.74) is 1.99. The molecule has 0 bridgehead atoms. The van der Waals surface area contributed by atoms with Gasteiger partial charge in [-0.25, -0.2) is 0 Å². The smallest absolute Gasteiger partial charge is 0.232 e. The number of fused-ring (bicyclic) bond motifs is 1. The Balaban J connectivity index is 2.00. The fourth-order valence-corrected chi connectivity index (χ4v) is 2.32. The number of amides is 1. The first-order valence-corrected chi connectivity index (χ1v) is 7.65. The number of nitrogens with one attached hydrogen (secondary N) is 2. The maximum absolute atomic E-state index is 12.1. The fourth-order valence-electron chi connectivity index (χ4n) is 2.09. The Labute approximate surface area is 139 Å². The Morgan fingerprint density at radius 1 is 1.17 bits per heavy atom. The number of rotatable bonds is 2. The second-order valence-corrected chi connectivity index (χ2v) is 6.71. The van der Waals surface area contributed by atoms with Crippen LogP contribution in [-0.2, 0) is 4.79 Å². The zero-order valence-corrected chi connectivity index (χ0v) is 13.9. The van der Waals surface area contributed by atoms with E-state index >= 15 is 0 Å². The average Bonchev–Trinajstić information content (AvgIpc) is 2.92. The highest BCUT2D eigenvalue weighted by Crippen LogP contribution is 2.28. The van der Waals surface area contributed by atoms with E-state index in [-0.39, 0.29) is 11.9 Å². The molecule has 0 radical (unpaired) electrons. The summed E-state index contributed by atoms with van der Waals surface area (Å²) in [6.45, 7) is 5.47. The van der Waals surface area contributed by atoms with Crippen LogP contribution in [-0.4, -0.2) is 20.9 Å². The molecule has 2 N–H and O–H groups in total. The van der Waals surface area contributed by atoms with Gasteiger partial charge in [-0.05, 0) is 11.6 Å². The van der Waals surface area contributed by atoms with Crippen molar-refractivity contribution in [3.63, 3.8) is 0 Å². The highest BCUT2D eigenvalue weighted by Gasteiger charge is 2.22. The Bertz CT molecular complexity index is 865. The van der Waals surface area contributed by atoms with Crippen molar-refractivity contribution >= 4 is 34.5 Å². The van der Waals surface area contributed by atoms with Crippen molar-refractivity contribution in [3.05, 3.63) is 41.6 Å². The van der Waals surface area contributed by atoms with E-state index in [0.717, 1.165) is 16.6 Å². The zero-order valence-electron chi connectivity index (χ0n) is 13.1. The zero-order chi connectivity index (χ0) is 16.6. The first-order valence-electron chi connectivity index (χ1n) is 7.28. The van der Waals surface area contributed by atoms with E-state index in [4.69, 9.17) is 11.6 Å². The third-order valence-corrected chi connectivity index (χ3v) is 3.72. The van der Waals surface area contributed by atoms with Crippen LogP contribution in [0, 0.1) is 5.41 Å². The minimum atomic E-state index is -0.532. The van der Waals surface area contributed by atoms with Crippen LogP contribution >= 0.6 is 11.6 Å². The van der Waals surface area contributed by atoms with Crippen molar-refractivity contribution < 1.29 is 4.79 Å². The molecule has 2 aromatic heterocycles. The molecule has 1 aromatic carbocycles. The molecule has 23 heavy (non-hydrogen) atoms. The molecule has 0 saturated carbocycles. The molecule has 2 heterocycles. The molecule has 0 saturated heterocycles. The minimum Gasteiger partial charge on any atom is -0.339 e. The van der Waals surface area contributed by atoms with Crippen molar-refractivity contribution in [2.45, 2.75) is 20.8 Å². The summed E-state index contributed by atoms with van der Waals surface area (Å²) in [5, 5.41) is 3.72. The van der Waals surface area contributed by atoms with Crippen LogP contribution < -0.4 is 5.32 Å².